The van der Waals surface area contributed by atoms with Crippen LogP contribution in [0, 0.1) is 11.8 Å². The standard InChI is InChI=1S/C12H20O2S4/c1-5-7-15-16-11-9(3)10(4)12(18(11)14)17(13)8-6-2/h5-6,8-12H,1,7H2,2-4H3/b8-6+/t9-,10-,11+,12+,17-,18+/m0/s1. The van der Waals surface area contributed by atoms with Crippen LogP contribution in [0.5, 0.6) is 0 Å². The fourth-order valence-corrected chi connectivity index (χ4v) is 10.1. The minimum atomic E-state index is -1.13. The minimum absolute atomic E-state index is 0.0733. The van der Waals surface area contributed by atoms with Crippen molar-refractivity contribution in [2.45, 2.75) is 29.9 Å². The Bertz CT molecular complexity index is 367. The van der Waals surface area contributed by atoms with Crippen LogP contribution in [0.3, 0.4) is 0 Å². The van der Waals surface area contributed by atoms with E-state index in [1.165, 1.54) is 0 Å². The number of hydrogen-bond acceptors (Lipinski definition) is 4. The van der Waals surface area contributed by atoms with E-state index < -0.39 is 21.6 Å². The van der Waals surface area contributed by atoms with Gasteiger partial charge in [0.2, 0.25) is 0 Å². The summed E-state index contributed by atoms with van der Waals surface area (Å²) in [5.74, 6) is 1.40. The first-order chi connectivity index (χ1) is 8.54. The van der Waals surface area contributed by atoms with E-state index in [4.69, 9.17) is 0 Å². The Hall–Kier alpha value is 0.480. The van der Waals surface area contributed by atoms with E-state index in [2.05, 4.69) is 20.4 Å². The van der Waals surface area contributed by atoms with E-state index in [1.807, 2.05) is 13.0 Å². The van der Waals surface area contributed by atoms with Gasteiger partial charge in [-0.1, -0.05) is 47.6 Å². The second kappa shape index (κ2) is 7.92. The molecule has 0 spiro atoms. The molecule has 1 heterocycles. The molecule has 6 atom stereocenters. The summed E-state index contributed by atoms with van der Waals surface area (Å²) in [4.78, 5) is 0. The number of allylic oxidation sites excluding steroid dienone is 1. The SMILES string of the molecule is C=CCSS[C@H]1[C@@H](C)[C@H](C)[C@H]([S@@](=O)/C=C/C)[S@@]1=O. The van der Waals surface area contributed by atoms with Gasteiger partial charge < -0.3 is 0 Å². The van der Waals surface area contributed by atoms with Crippen molar-refractivity contribution in [1.82, 2.24) is 0 Å². The molecule has 6 heteroatoms. The van der Waals surface area contributed by atoms with Crippen LogP contribution < -0.4 is 0 Å². The van der Waals surface area contributed by atoms with Crippen molar-refractivity contribution in [3.63, 3.8) is 0 Å². The van der Waals surface area contributed by atoms with Gasteiger partial charge in [0.1, 0.15) is 4.58 Å². The zero-order valence-corrected chi connectivity index (χ0v) is 14.2. The van der Waals surface area contributed by atoms with Gasteiger partial charge in [0, 0.05) is 5.75 Å². The molecule has 1 aliphatic rings. The highest BCUT2D eigenvalue weighted by molar-refractivity contribution is 8.78. The minimum Gasteiger partial charge on any atom is -0.257 e. The molecule has 0 aromatic rings. The third-order valence-electron chi connectivity index (χ3n) is 2.99. The van der Waals surface area contributed by atoms with E-state index in [0.717, 1.165) is 5.75 Å². The van der Waals surface area contributed by atoms with Crippen LogP contribution in [-0.2, 0) is 21.6 Å². The lowest BCUT2D eigenvalue weighted by Crippen LogP contribution is -2.22. The molecular formula is C12H20O2S4. The maximum Gasteiger partial charge on any atom is 0.118 e. The Balaban J connectivity index is 2.76. The van der Waals surface area contributed by atoms with Gasteiger partial charge in [-0.3, -0.25) is 8.42 Å². The van der Waals surface area contributed by atoms with E-state index >= 15 is 0 Å². The van der Waals surface area contributed by atoms with Crippen molar-refractivity contribution in [3.05, 3.63) is 24.1 Å². The highest BCUT2D eigenvalue weighted by Gasteiger charge is 2.47. The lowest BCUT2D eigenvalue weighted by Gasteiger charge is -2.15. The van der Waals surface area contributed by atoms with Crippen LogP contribution in [0.2, 0.25) is 0 Å². The Morgan fingerprint density at radius 2 is 2.06 bits per heavy atom. The lowest BCUT2D eigenvalue weighted by molar-refractivity contribution is 0.466. The fraction of sp³-hybridized carbons (Fsp3) is 0.667. The summed E-state index contributed by atoms with van der Waals surface area (Å²) in [6.07, 6.45) is 3.62. The second-order valence-electron chi connectivity index (χ2n) is 4.25. The molecule has 0 saturated carbocycles. The molecule has 0 aromatic carbocycles. The topological polar surface area (TPSA) is 34.1 Å². The van der Waals surface area contributed by atoms with Crippen LogP contribution in [-0.4, -0.2) is 23.3 Å². The molecule has 1 aliphatic heterocycles. The van der Waals surface area contributed by atoms with Gasteiger partial charge >= 0.3 is 0 Å². The smallest absolute Gasteiger partial charge is 0.118 e. The normalized spacial score (nSPS) is 38.1. The molecule has 1 fully saturated rings. The van der Waals surface area contributed by atoms with Crippen molar-refractivity contribution in [2.75, 3.05) is 5.75 Å². The Morgan fingerprint density at radius 3 is 2.61 bits per heavy atom. The first kappa shape index (κ1) is 16.5. The highest BCUT2D eigenvalue weighted by Crippen LogP contribution is 2.45. The summed E-state index contributed by atoms with van der Waals surface area (Å²) >= 11 is 0. The summed E-state index contributed by atoms with van der Waals surface area (Å²) in [7, 11) is 1.17. The van der Waals surface area contributed by atoms with Crippen molar-refractivity contribution < 1.29 is 8.42 Å². The van der Waals surface area contributed by atoms with Gasteiger partial charge in [0.05, 0.1) is 26.2 Å². The Labute approximate surface area is 123 Å². The van der Waals surface area contributed by atoms with Crippen molar-refractivity contribution in [3.8, 4) is 0 Å². The van der Waals surface area contributed by atoms with E-state index in [1.54, 1.807) is 33.1 Å². The summed E-state index contributed by atoms with van der Waals surface area (Å²) < 4.78 is 24.4. The predicted octanol–water partition coefficient (Wildman–Crippen LogP) is 3.52. The maximum absolute atomic E-state index is 12.5. The zero-order chi connectivity index (χ0) is 13.7. The summed E-state index contributed by atoms with van der Waals surface area (Å²) in [6, 6.07) is 0. The third-order valence-corrected chi connectivity index (χ3v) is 11.1. The zero-order valence-electron chi connectivity index (χ0n) is 10.9. The molecule has 0 amide bonds. The predicted molar refractivity (Wildman–Crippen MR) is 87.2 cm³/mol. The van der Waals surface area contributed by atoms with E-state index in [9.17, 15) is 8.42 Å². The number of hydrogen-bond donors (Lipinski definition) is 0. The number of rotatable bonds is 6. The molecule has 0 bridgehead atoms. The Kier molecular flexibility index (Phi) is 7.28. The van der Waals surface area contributed by atoms with Gasteiger partial charge in [-0.2, -0.15) is 0 Å². The summed E-state index contributed by atoms with van der Waals surface area (Å²) in [5.41, 5.74) is 0. The first-order valence-corrected chi connectivity index (χ1v) is 10.8. The van der Waals surface area contributed by atoms with Crippen LogP contribution in [0.25, 0.3) is 0 Å². The van der Waals surface area contributed by atoms with Crippen LogP contribution in [0.15, 0.2) is 24.1 Å². The molecule has 18 heavy (non-hydrogen) atoms. The molecule has 104 valence electrons. The van der Waals surface area contributed by atoms with Gasteiger partial charge in [-0.05, 0) is 24.2 Å². The summed E-state index contributed by atoms with van der Waals surface area (Å²) in [5, 5.41) is 1.66. The van der Waals surface area contributed by atoms with Crippen LogP contribution >= 0.6 is 21.6 Å². The molecular weight excluding hydrogens is 304 g/mol. The lowest BCUT2D eigenvalue weighted by atomic mass is 10.0. The fourth-order valence-electron chi connectivity index (χ4n) is 1.85. The molecule has 1 saturated heterocycles. The van der Waals surface area contributed by atoms with Crippen LogP contribution in [0.1, 0.15) is 20.8 Å². The van der Waals surface area contributed by atoms with Crippen molar-refractivity contribution in [1.29, 1.82) is 0 Å². The molecule has 0 N–H and O–H groups in total. The molecule has 1 rings (SSSR count). The quantitative estimate of drug-likeness (QED) is 0.425. The first-order valence-electron chi connectivity index (χ1n) is 5.85. The van der Waals surface area contributed by atoms with Gasteiger partial charge in [0.25, 0.3) is 0 Å². The van der Waals surface area contributed by atoms with Crippen molar-refractivity contribution in [2.24, 2.45) is 11.8 Å². The molecule has 2 nitrogen and oxygen atoms in total. The molecule has 0 unspecified atom stereocenters. The maximum atomic E-state index is 12.5. The summed E-state index contributed by atoms with van der Waals surface area (Å²) in [6.45, 7) is 9.70. The highest BCUT2D eigenvalue weighted by atomic mass is 33.1. The Morgan fingerprint density at radius 1 is 1.39 bits per heavy atom. The molecule has 0 radical (unpaired) electrons. The molecule has 0 aliphatic carbocycles. The largest absolute Gasteiger partial charge is 0.257 e. The third kappa shape index (κ3) is 3.74. The van der Waals surface area contributed by atoms with E-state index in [0.29, 0.717) is 5.92 Å². The molecule has 0 aromatic heterocycles. The average molecular weight is 325 g/mol. The van der Waals surface area contributed by atoms with Crippen molar-refractivity contribution >= 4 is 43.2 Å². The monoisotopic (exact) mass is 324 g/mol. The van der Waals surface area contributed by atoms with Gasteiger partial charge in [-0.25, -0.2) is 0 Å². The van der Waals surface area contributed by atoms with Gasteiger partial charge in [-0.15, -0.1) is 6.58 Å². The van der Waals surface area contributed by atoms with Gasteiger partial charge in [0.15, 0.2) is 0 Å². The van der Waals surface area contributed by atoms with Crippen LogP contribution in [0.4, 0.5) is 0 Å². The average Bonchev–Trinajstić information content (AvgIpc) is 2.53. The van der Waals surface area contributed by atoms with E-state index in [-0.39, 0.29) is 15.1 Å². The second-order valence-corrected chi connectivity index (χ2v) is 10.5.